The van der Waals surface area contributed by atoms with Gasteiger partial charge in [-0.1, -0.05) is 303 Å². The number of benzene rings is 14. The summed E-state index contributed by atoms with van der Waals surface area (Å²) in [6.45, 7) is 0. The molecule has 574 valence electrons. The van der Waals surface area contributed by atoms with Gasteiger partial charge in [0.2, 0.25) is 0 Å². The Labute approximate surface area is 733 Å². The van der Waals surface area contributed by atoms with Crippen LogP contribution in [0.1, 0.15) is 33.4 Å². The van der Waals surface area contributed by atoms with E-state index in [1.54, 1.807) is 24.8 Å². The molecule has 0 aliphatic rings. The van der Waals surface area contributed by atoms with E-state index in [9.17, 15) is 59.4 Å². The molecule has 0 spiro atoms. The van der Waals surface area contributed by atoms with E-state index < -0.39 is 35.8 Å². The minimum Gasteiger partial charge on any atom is -0.550 e. The second-order valence-corrected chi connectivity index (χ2v) is 25.6. The largest absolute Gasteiger partial charge is 3.00 e. The van der Waals surface area contributed by atoms with Crippen molar-refractivity contribution in [3.05, 3.63) is 386 Å². The number of fused-ring (bicyclic) bond motifs is 12. The predicted octanol–water partition coefficient (Wildman–Crippen LogP) is 12.4. The molecule has 0 fully saturated rings. The van der Waals surface area contributed by atoms with Crippen molar-refractivity contribution in [3.8, 4) is 0 Å². The molecule has 0 saturated heterocycles. The third kappa shape index (κ3) is 24.6. The minimum absolute atomic E-state index is 0. The van der Waals surface area contributed by atoms with Gasteiger partial charge in [-0.05, 0) is 122 Å². The maximum atomic E-state index is 10.5. The second kappa shape index (κ2) is 43.8. The molecule has 0 N–H and O–H groups in total. The van der Waals surface area contributed by atoms with Crippen molar-refractivity contribution in [3.63, 3.8) is 0 Å². The van der Waals surface area contributed by atoms with Crippen LogP contribution in [0.25, 0.3) is 108 Å². The van der Waals surface area contributed by atoms with Crippen molar-refractivity contribution in [2.45, 2.75) is 38.5 Å². The van der Waals surface area contributed by atoms with Crippen LogP contribution < -0.4 is 30.6 Å². The quantitative estimate of drug-likeness (QED) is 0.103. The number of rotatable bonds is 12. The Kier molecular flexibility index (Phi) is 33.1. The van der Waals surface area contributed by atoms with Crippen molar-refractivity contribution >= 4 is 144 Å². The first-order valence-electron chi connectivity index (χ1n) is 35.7. The van der Waals surface area contributed by atoms with Crippen molar-refractivity contribution in [2.24, 2.45) is 0 Å². The van der Waals surface area contributed by atoms with Gasteiger partial charge in [-0.25, -0.2) is 0 Å². The van der Waals surface area contributed by atoms with Crippen LogP contribution in [0.15, 0.2) is 352 Å². The molecule has 0 amide bonds. The van der Waals surface area contributed by atoms with Crippen LogP contribution in [0.3, 0.4) is 0 Å². The summed E-state index contributed by atoms with van der Waals surface area (Å²) in [5, 5.41) is 79.8. The molecular formula is C96H70N4O12Yb2. The summed E-state index contributed by atoms with van der Waals surface area (Å²) >= 11 is 0. The Morgan fingerprint density at radius 3 is 0.474 bits per heavy atom. The monoisotopic (exact) mass is 1820 g/mol. The summed E-state index contributed by atoms with van der Waals surface area (Å²) < 4.78 is 0. The number of hydrogen-bond donors (Lipinski definition) is 0. The van der Waals surface area contributed by atoms with Gasteiger partial charge in [-0.2, -0.15) is 0 Å². The van der Waals surface area contributed by atoms with E-state index in [0.717, 1.165) is 142 Å². The van der Waals surface area contributed by atoms with Crippen molar-refractivity contribution < 1.29 is 153 Å². The predicted molar refractivity (Wildman–Crippen MR) is 430 cm³/mol. The van der Waals surface area contributed by atoms with Gasteiger partial charge in [0.25, 0.3) is 0 Å². The van der Waals surface area contributed by atoms with Crippen LogP contribution in [0, 0.1) is 93.8 Å². The molecule has 14 aromatic carbocycles. The molecule has 18 rings (SSSR count). The van der Waals surface area contributed by atoms with Gasteiger partial charge in [0.1, 0.15) is 0 Å². The number of carbonyl (C=O) groups is 6. The molecule has 0 unspecified atom stereocenters. The molecule has 4 heterocycles. The Balaban J connectivity index is 0.000000149. The van der Waals surface area contributed by atoms with Crippen LogP contribution in [-0.4, -0.2) is 55.8 Å². The first-order chi connectivity index (χ1) is 54.5. The Morgan fingerprint density at radius 1 is 0.175 bits per heavy atom. The number of nitrogens with zero attached hydrogens (tertiary/aromatic N) is 4. The number of carboxylic acid groups (broad SMARTS) is 6. The van der Waals surface area contributed by atoms with Crippen LogP contribution in [0.5, 0.6) is 0 Å². The summed E-state index contributed by atoms with van der Waals surface area (Å²) in [5.74, 6) is -6.24. The van der Waals surface area contributed by atoms with E-state index in [0.29, 0.717) is 0 Å². The first kappa shape index (κ1) is 86.1. The molecule has 16 nitrogen and oxygen atoms in total. The van der Waals surface area contributed by atoms with Crippen LogP contribution in [-0.2, 0) is 67.3 Å². The smallest absolute Gasteiger partial charge is 0.550 e. The maximum Gasteiger partial charge on any atom is 3.00 e. The summed E-state index contributed by atoms with van der Waals surface area (Å²) in [5.41, 5.74) is 8.76. The molecule has 0 aliphatic heterocycles. The van der Waals surface area contributed by atoms with Gasteiger partial charge in [-0.15, -0.1) is 0 Å². The number of carbonyl (C=O) groups excluding carboxylic acids is 6. The normalized spacial score (nSPS) is 10.2. The number of aromatic nitrogens is 4. The standard InChI is InChI=1S/2C12H8N2.6C12H10O2.2Yb/c2*1-3-9-5-6-10-4-2-8-14-12(10)11(9)13-7-1;6*13-12(14)8-10-6-3-5-9-4-1-2-7-11(9)10;;/h2*1-8H;6*1-7H,8H2,(H,13,14);;/q;;;;;;;;2*+3/p-6. The summed E-state index contributed by atoms with van der Waals surface area (Å²) in [7, 11) is 0. The Morgan fingerprint density at radius 2 is 0.316 bits per heavy atom. The fraction of sp³-hybridized carbons (Fsp3) is 0.0625. The van der Waals surface area contributed by atoms with Crippen LogP contribution in [0.4, 0.5) is 0 Å². The summed E-state index contributed by atoms with van der Waals surface area (Å²) in [6.07, 6.45) is 7.05. The first-order valence-corrected chi connectivity index (χ1v) is 35.7. The zero-order valence-corrected chi connectivity index (χ0v) is 64.4. The van der Waals surface area contributed by atoms with Gasteiger partial charge in [0, 0.05) is 121 Å². The zero-order valence-electron chi connectivity index (χ0n) is 61.0. The average Bonchev–Trinajstić information content (AvgIpc) is 0.987. The minimum atomic E-state index is -1.04. The van der Waals surface area contributed by atoms with Crippen molar-refractivity contribution in [1.29, 1.82) is 0 Å². The number of carboxylic acids is 6. The molecule has 0 atom stereocenters. The number of aliphatic carboxylic acids is 6. The van der Waals surface area contributed by atoms with Gasteiger partial charge in [0.15, 0.2) is 0 Å². The van der Waals surface area contributed by atoms with Crippen LogP contribution >= 0.6 is 0 Å². The Hall–Kier alpha value is -11.9. The molecular weight excluding hydrogens is 1750 g/mol. The third-order valence-electron chi connectivity index (χ3n) is 18.0. The van der Waals surface area contributed by atoms with E-state index >= 15 is 0 Å². The fourth-order valence-corrected chi connectivity index (χ4v) is 13.0. The average molecular weight is 1820 g/mol. The van der Waals surface area contributed by atoms with E-state index in [2.05, 4.69) is 68.5 Å². The van der Waals surface area contributed by atoms with Crippen LogP contribution in [0.2, 0.25) is 0 Å². The second-order valence-electron chi connectivity index (χ2n) is 25.6. The maximum absolute atomic E-state index is 10.5. The molecule has 114 heavy (non-hydrogen) atoms. The zero-order chi connectivity index (χ0) is 78.6. The van der Waals surface area contributed by atoms with Gasteiger partial charge >= 0.3 is 93.8 Å². The SMILES string of the molecule is O=C([O-])Cc1cccc2ccccc12.O=C([O-])Cc1cccc2ccccc12.O=C([O-])Cc1cccc2ccccc12.O=C([O-])Cc1cccc2ccccc12.O=C([O-])Cc1cccc2ccccc12.O=C([O-])Cc1cccc2ccccc12.[Yb+3].[Yb+3].c1cnc2c(c1)ccc1cccnc12.c1cnc2c(c1)ccc1cccnc12. The van der Waals surface area contributed by atoms with Gasteiger partial charge < -0.3 is 59.4 Å². The van der Waals surface area contributed by atoms with Gasteiger partial charge in [0.05, 0.1) is 22.1 Å². The number of hydrogen-bond acceptors (Lipinski definition) is 16. The molecule has 18 aromatic rings. The van der Waals surface area contributed by atoms with Crippen molar-refractivity contribution in [1.82, 2.24) is 19.9 Å². The number of pyridine rings is 4. The molecule has 0 saturated carbocycles. The molecule has 4 aromatic heterocycles. The van der Waals surface area contributed by atoms with E-state index in [4.69, 9.17) is 0 Å². The van der Waals surface area contributed by atoms with Crippen molar-refractivity contribution in [2.75, 3.05) is 0 Å². The molecule has 2 radical (unpaired) electrons. The summed E-state index contributed by atoms with van der Waals surface area (Å²) in [4.78, 5) is 80.4. The fourth-order valence-electron chi connectivity index (χ4n) is 13.0. The third-order valence-corrected chi connectivity index (χ3v) is 18.0. The Bertz CT molecular complexity index is 5420. The molecule has 18 heteroatoms. The topological polar surface area (TPSA) is 292 Å². The molecule has 0 aliphatic carbocycles. The molecule has 0 bridgehead atoms. The van der Waals surface area contributed by atoms with E-state index in [1.165, 1.54) is 0 Å². The van der Waals surface area contributed by atoms with Gasteiger partial charge in [-0.3, -0.25) is 19.9 Å². The van der Waals surface area contributed by atoms with E-state index in [-0.39, 0.29) is 132 Å². The van der Waals surface area contributed by atoms with E-state index in [1.807, 2.05) is 279 Å². The summed E-state index contributed by atoms with van der Waals surface area (Å²) in [6, 6.07) is 105.